The largest absolute Gasteiger partial charge is 0.311 e. The van der Waals surface area contributed by atoms with Gasteiger partial charge in [0, 0.05) is 34.1 Å². The van der Waals surface area contributed by atoms with Crippen LogP contribution in [0.5, 0.6) is 0 Å². The molecule has 0 aromatic heterocycles. The van der Waals surface area contributed by atoms with Gasteiger partial charge in [-0.2, -0.15) is 0 Å². The predicted octanol–water partition coefficient (Wildman–Crippen LogP) is 10.8. The maximum absolute atomic E-state index is 2.31. The molecule has 0 amide bonds. The summed E-state index contributed by atoms with van der Waals surface area (Å²) >= 11 is 0. The third kappa shape index (κ3) is 6.08. The summed E-state index contributed by atoms with van der Waals surface area (Å²) in [5.41, 5.74) is 12.0. The highest BCUT2D eigenvalue weighted by atomic mass is 15.1. The lowest BCUT2D eigenvalue weighted by Gasteiger charge is -2.26. The molecule has 0 radical (unpaired) electrons. The molecule has 0 fully saturated rings. The highest BCUT2D eigenvalue weighted by Crippen LogP contribution is 2.36. The van der Waals surface area contributed by atoms with Gasteiger partial charge in [-0.15, -0.1) is 0 Å². The summed E-state index contributed by atoms with van der Waals surface area (Å²) in [5, 5.41) is 0. The van der Waals surface area contributed by atoms with Crippen molar-refractivity contribution in [3.63, 3.8) is 0 Å². The van der Waals surface area contributed by atoms with Crippen LogP contribution in [0.1, 0.15) is 22.3 Å². The summed E-state index contributed by atoms with van der Waals surface area (Å²) in [4.78, 5) is 4.61. The van der Waals surface area contributed by atoms with E-state index >= 15 is 0 Å². The van der Waals surface area contributed by atoms with Crippen LogP contribution in [0.15, 0.2) is 158 Å². The molecule has 0 heterocycles. The van der Waals surface area contributed by atoms with Crippen molar-refractivity contribution in [3.05, 3.63) is 180 Å². The molecule has 200 valence electrons. The molecular weight excluding hydrogens is 496 g/mol. The summed E-state index contributed by atoms with van der Waals surface area (Å²) in [5.74, 6) is 0. The Morgan fingerprint density at radius 3 is 0.902 bits per heavy atom. The van der Waals surface area contributed by atoms with Crippen LogP contribution in [0.25, 0.3) is 0 Å². The molecule has 0 atom stereocenters. The molecule has 41 heavy (non-hydrogen) atoms. The average Bonchev–Trinajstić information content (AvgIpc) is 3.02. The van der Waals surface area contributed by atoms with E-state index in [1.54, 1.807) is 0 Å². The van der Waals surface area contributed by atoms with Gasteiger partial charge in [0.15, 0.2) is 0 Å². The first kappa shape index (κ1) is 26.2. The van der Waals surface area contributed by atoms with Gasteiger partial charge < -0.3 is 9.80 Å². The molecule has 6 rings (SSSR count). The number of hydrogen-bond acceptors (Lipinski definition) is 2. The van der Waals surface area contributed by atoms with Crippen molar-refractivity contribution in [2.75, 3.05) is 9.80 Å². The number of hydrogen-bond donors (Lipinski definition) is 0. The standard InChI is InChI=1S/C39H34N2/c1-30-13-21-36(22-14-30)40(34-9-5-3-6-10-34)38-25-17-32(18-26-38)29-33-19-27-39(28-20-33)41(35-11-7-4-8-12-35)37-23-15-31(2)16-24-37/h3-28H,29H2,1-2H3. The third-order valence-corrected chi connectivity index (χ3v) is 7.41. The van der Waals surface area contributed by atoms with E-state index in [0.717, 1.165) is 40.5 Å². The minimum atomic E-state index is 0.881. The molecule has 6 aromatic rings. The maximum Gasteiger partial charge on any atom is 0.0461 e. The molecule has 2 heteroatoms. The van der Waals surface area contributed by atoms with Crippen LogP contribution in [0.2, 0.25) is 0 Å². The van der Waals surface area contributed by atoms with Crippen molar-refractivity contribution in [3.8, 4) is 0 Å². The van der Waals surface area contributed by atoms with E-state index in [1.807, 2.05) is 0 Å². The lowest BCUT2D eigenvalue weighted by atomic mass is 10.0. The summed E-state index contributed by atoms with van der Waals surface area (Å²) in [6.45, 7) is 4.25. The Hall–Kier alpha value is -5.08. The van der Waals surface area contributed by atoms with Gasteiger partial charge in [-0.05, 0) is 104 Å². The first-order chi connectivity index (χ1) is 20.1. The second kappa shape index (κ2) is 12.0. The van der Waals surface area contributed by atoms with Crippen molar-refractivity contribution in [1.82, 2.24) is 0 Å². The molecule has 0 aliphatic rings. The Morgan fingerprint density at radius 2 is 0.585 bits per heavy atom. The Labute approximate surface area is 243 Å². The summed E-state index contributed by atoms with van der Waals surface area (Å²) in [6.07, 6.45) is 0.881. The van der Waals surface area contributed by atoms with E-state index in [4.69, 9.17) is 0 Å². The zero-order chi connectivity index (χ0) is 28.0. The molecule has 0 unspecified atom stereocenters. The van der Waals surface area contributed by atoms with E-state index < -0.39 is 0 Å². The monoisotopic (exact) mass is 530 g/mol. The number of nitrogens with zero attached hydrogens (tertiary/aromatic N) is 2. The van der Waals surface area contributed by atoms with Crippen LogP contribution in [-0.2, 0) is 6.42 Å². The van der Waals surface area contributed by atoms with E-state index in [-0.39, 0.29) is 0 Å². The van der Waals surface area contributed by atoms with Gasteiger partial charge in [0.1, 0.15) is 0 Å². The van der Waals surface area contributed by atoms with Crippen molar-refractivity contribution in [2.24, 2.45) is 0 Å². The van der Waals surface area contributed by atoms with Gasteiger partial charge in [-0.3, -0.25) is 0 Å². The van der Waals surface area contributed by atoms with Crippen LogP contribution in [0.3, 0.4) is 0 Å². The number of benzene rings is 6. The molecule has 0 N–H and O–H groups in total. The lowest BCUT2D eigenvalue weighted by molar-refractivity contribution is 1.18. The second-order valence-corrected chi connectivity index (χ2v) is 10.5. The van der Waals surface area contributed by atoms with Gasteiger partial charge in [0.2, 0.25) is 0 Å². The third-order valence-electron chi connectivity index (χ3n) is 7.41. The average molecular weight is 531 g/mol. The fourth-order valence-electron chi connectivity index (χ4n) is 5.20. The second-order valence-electron chi connectivity index (χ2n) is 10.5. The summed E-state index contributed by atoms with van der Waals surface area (Å²) in [6, 6.07) is 56.4. The van der Waals surface area contributed by atoms with E-state index in [9.17, 15) is 0 Å². The van der Waals surface area contributed by atoms with Crippen LogP contribution in [-0.4, -0.2) is 0 Å². The summed E-state index contributed by atoms with van der Waals surface area (Å²) in [7, 11) is 0. The Kier molecular flexibility index (Phi) is 7.64. The van der Waals surface area contributed by atoms with E-state index in [2.05, 4.69) is 181 Å². The quantitative estimate of drug-likeness (QED) is 0.193. The maximum atomic E-state index is 2.31. The Balaban J connectivity index is 1.24. The molecule has 0 spiro atoms. The molecule has 0 saturated heterocycles. The summed E-state index contributed by atoms with van der Waals surface area (Å²) < 4.78 is 0. The van der Waals surface area contributed by atoms with Crippen LogP contribution in [0, 0.1) is 13.8 Å². The zero-order valence-corrected chi connectivity index (χ0v) is 23.6. The smallest absolute Gasteiger partial charge is 0.0461 e. The van der Waals surface area contributed by atoms with E-state index in [1.165, 1.54) is 22.3 Å². The molecule has 0 saturated carbocycles. The number of anilines is 6. The Morgan fingerprint density at radius 1 is 0.317 bits per heavy atom. The number of rotatable bonds is 8. The van der Waals surface area contributed by atoms with Gasteiger partial charge in [-0.1, -0.05) is 96.1 Å². The first-order valence-electron chi connectivity index (χ1n) is 14.2. The first-order valence-corrected chi connectivity index (χ1v) is 14.2. The van der Waals surface area contributed by atoms with Crippen LogP contribution < -0.4 is 9.80 Å². The molecule has 0 aliphatic carbocycles. The minimum absolute atomic E-state index is 0.881. The molecular formula is C39H34N2. The van der Waals surface area contributed by atoms with Gasteiger partial charge in [0.05, 0.1) is 0 Å². The molecule has 0 aliphatic heterocycles. The topological polar surface area (TPSA) is 6.48 Å². The highest BCUT2D eigenvalue weighted by molar-refractivity contribution is 5.77. The van der Waals surface area contributed by atoms with Gasteiger partial charge in [-0.25, -0.2) is 0 Å². The van der Waals surface area contributed by atoms with Gasteiger partial charge >= 0.3 is 0 Å². The molecule has 2 nitrogen and oxygen atoms in total. The van der Waals surface area contributed by atoms with Crippen molar-refractivity contribution in [2.45, 2.75) is 20.3 Å². The van der Waals surface area contributed by atoms with Crippen molar-refractivity contribution in [1.29, 1.82) is 0 Å². The molecule has 0 bridgehead atoms. The van der Waals surface area contributed by atoms with Crippen molar-refractivity contribution >= 4 is 34.1 Å². The lowest BCUT2D eigenvalue weighted by Crippen LogP contribution is -2.10. The van der Waals surface area contributed by atoms with E-state index in [0.29, 0.717) is 0 Å². The van der Waals surface area contributed by atoms with Crippen LogP contribution in [0.4, 0.5) is 34.1 Å². The minimum Gasteiger partial charge on any atom is -0.311 e. The fourth-order valence-corrected chi connectivity index (χ4v) is 5.20. The van der Waals surface area contributed by atoms with Crippen LogP contribution >= 0.6 is 0 Å². The number of aryl methyl sites for hydroxylation is 2. The normalized spacial score (nSPS) is 10.8. The number of para-hydroxylation sites is 2. The van der Waals surface area contributed by atoms with Gasteiger partial charge in [0.25, 0.3) is 0 Å². The predicted molar refractivity (Wildman–Crippen MR) is 175 cm³/mol. The van der Waals surface area contributed by atoms with Crippen molar-refractivity contribution < 1.29 is 0 Å². The Bertz CT molecular complexity index is 1540. The zero-order valence-electron chi connectivity index (χ0n) is 23.6. The molecule has 6 aromatic carbocycles. The SMILES string of the molecule is Cc1ccc(N(c2ccccc2)c2ccc(Cc3ccc(N(c4ccccc4)c4ccc(C)cc4)cc3)cc2)cc1. The highest BCUT2D eigenvalue weighted by Gasteiger charge is 2.14. The fraction of sp³-hybridized carbons (Fsp3) is 0.0769.